The van der Waals surface area contributed by atoms with Crippen molar-refractivity contribution in [1.29, 1.82) is 0 Å². The number of rotatable bonds is 3. The number of carbonyl (C=O) groups is 1. The van der Waals surface area contributed by atoms with E-state index in [1.54, 1.807) is 40.0 Å². The van der Waals surface area contributed by atoms with Gasteiger partial charge in [0.15, 0.2) is 0 Å². The first kappa shape index (κ1) is 18.4. The molecule has 0 saturated carbocycles. The highest BCUT2D eigenvalue weighted by atomic mass is 19.1. The molecule has 1 amide bonds. The van der Waals surface area contributed by atoms with E-state index in [4.69, 9.17) is 5.73 Å². The molecule has 150 valence electrons. The molecule has 1 aliphatic heterocycles. The maximum Gasteiger partial charge on any atom is 0.229 e. The van der Waals surface area contributed by atoms with Crippen molar-refractivity contribution in [2.45, 2.75) is 18.5 Å². The molecule has 0 spiro atoms. The van der Waals surface area contributed by atoms with Gasteiger partial charge >= 0.3 is 0 Å². The standard InChI is InChI=1S/C23H18F2N4O/c24-16-3-1-14(2-4-16)23-20(26)12-22(30)28(23)19-9-10-21-15(11-19)13-27-29(21)18-7-5-17(25)6-8-18/h1-11,13,20,23H,12,26H2/t20-,23+/m0/s1. The van der Waals surface area contributed by atoms with Crippen LogP contribution in [0, 0.1) is 11.6 Å². The van der Waals surface area contributed by atoms with Crippen molar-refractivity contribution < 1.29 is 13.6 Å². The van der Waals surface area contributed by atoms with Gasteiger partial charge in [-0.25, -0.2) is 13.5 Å². The second kappa shape index (κ2) is 7.03. The normalized spacial score (nSPS) is 19.0. The summed E-state index contributed by atoms with van der Waals surface area (Å²) in [7, 11) is 0. The van der Waals surface area contributed by atoms with E-state index in [2.05, 4.69) is 5.10 Å². The summed E-state index contributed by atoms with van der Waals surface area (Å²) in [6.07, 6.45) is 1.92. The minimum atomic E-state index is -0.388. The second-order valence-electron chi connectivity index (χ2n) is 7.40. The highest BCUT2D eigenvalue weighted by Crippen LogP contribution is 2.37. The minimum absolute atomic E-state index is 0.0814. The molecule has 2 heterocycles. The number of halogens is 2. The number of benzene rings is 3. The van der Waals surface area contributed by atoms with Gasteiger partial charge in [0.1, 0.15) is 11.6 Å². The molecule has 0 unspecified atom stereocenters. The first-order valence-corrected chi connectivity index (χ1v) is 9.58. The summed E-state index contributed by atoms with van der Waals surface area (Å²) in [5, 5.41) is 5.24. The Morgan fingerprint density at radius 1 is 0.900 bits per heavy atom. The van der Waals surface area contributed by atoms with E-state index in [1.165, 1.54) is 24.3 Å². The number of nitrogens with zero attached hydrogens (tertiary/aromatic N) is 3. The molecule has 0 aliphatic carbocycles. The average molecular weight is 404 g/mol. The SMILES string of the molecule is N[C@H]1CC(=O)N(c2ccc3c(cnn3-c3ccc(F)cc3)c2)[C@@H]1c1ccc(F)cc1. The van der Waals surface area contributed by atoms with Crippen LogP contribution in [0.2, 0.25) is 0 Å². The van der Waals surface area contributed by atoms with Gasteiger partial charge in [0.05, 0.1) is 23.4 Å². The predicted molar refractivity (Wildman–Crippen MR) is 110 cm³/mol. The van der Waals surface area contributed by atoms with E-state index in [1.807, 2.05) is 18.2 Å². The number of amides is 1. The maximum absolute atomic E-state index is 13.4. The summed E-state index contributed by atoms with van der Waals surface area (Å²) in [4.78, 5) is 14.4. The summed E-state index contributed by atoms with van der Waals surface area (Å²) in [6.45, 7) is 0. The van der Waals surface area contributed by atoms with E-state index < -0.39 is 0 Å². The van der Waals surface area contributed by atoms with Crippen LogP contribution in [-0.2, 0) is 4.79 Å². The number of aromatic nitrogens is 2. The van der Waals surface area contributed by atoms with E-state index in [0.29, 0.717) is 5.69 Å². The molecule has 30 heavy (non-hydrogen) atoms. The van der Waals surface area contributed by atoms with Crippen LogP contribution in [0.25, 0.3) is 16.6 Å². The van der Waals surface area contributed by atoms with Gasteiger partial charge in [-0.1, -0.05) is 12.1 Å². The molecular formula is C23H18F2N4O. The van der Waals surface area contributed by atoms with Crippen LogP contribution < -0.4 is 10.6 Å². The first-order chi connectivity index (χ1) is 14.5. The molecule has 1 aromatic heterocycles. The molecule has 1 fully saturated rings. The lowest BCUT2D eigenvalue weighted by Gasteiger charge is -2.27. The zero-order valence-corrected chi connectivity index (χ0v) is 15.9. The number of carbonyl (C=O) groups excluding carboxylic acids is 1. The number of nitrogens with two attached hydrogens (primary N) is 1. The van der Waals surface area contributed by atoms with Gasteiger partial charge in [0, 0.05) is 23.5 Å². The van der Waals surface area contributed by atoms with Crippen LogP contribution in [0.3, 0.4) is 0 Å². The summed E-state index contributed by atoms with van der Waals surface area (Å²) in [6, 6.07) is 17.0. The van der Waals surface area contributed by atoms with Crippen LogP contribution in [0.1, 0.15) is 18.0 Å². The lowest BCUT2D eigenvalue weighted by atomic mass is 10.0. The highest BCUT2D eigenvalue weighted by Gasteiger charge is 2.39. The van der Waals surface area contributed by atoms with Crippen LogP contribution in [0.4, 0.5) is 14.5 Å². The summed E-state index contributed by atoms with van der Waals surface area (Å²) in [5.41, 5.74) is 9.33. The van der Waals surface area contributed by atoms with Gasteiger partial charge < -0.3 is 10.6 Å². The Balaban J connectivity index is 1.55. The zero-order valence-electron chi connectivity index (χ0n) is 15.9. The van der Waals surface area contributed by atoms with Crippen LogP contribution in [0.5, 0.6) is 0 Å². The Kier molecular flexibility index (Phi) is 4.33. The number of fused-ring (bicyclic) bond motifs is 1. The van der Waals surface area contributed by atoms with Crippen molar-refractivity contribution in [3.8, 4) is 5.69 Å². The largest absolute Gasteiger partial charge is 0.325 e. The third-order valence-corrected chi connectivity index (χ3v) is 5.48. The molecule has 1 saturated heterocycles. The lowest BCUT2D eigenvalue weighted by Crippen LogP contribution is -2.33. The van der Waals surface area contributed by atoms with Crippen molar-refractivity contribution in [2.24, 2.45) is 5.73 Å². The van der Waals surface area contributed by atoms with Gasteiger partial charge in [0.25, 0.3) is 0 Å². The average Bonchev–Trinajstić information content (AvgIpc) is 3.29. The van der Waals surface area contributed by atoms with E-state index in [-0.39, 0.29) is 36.0 Å². The molecule has 5 nitrogen and oxygen atoms in total. The van der Waals surface area contributed by atoms with E-state index in [9.17, 15) is 13.6 Å². The van der Waals surface area contributed by atoms with Crippen molar-refractivity contribution >= 4 is 22.5 Å². The summed E-state index contributed by atoms with van der Waals surface area (Å²) < 4.78 is 28.3. The summed E-state index contributed by atoms with van der Waals surface area (Å²) >= 11 is 0. The topological polar surface area (TPSA) is 64.2 Å². The molecule has 4 aromatic rings. The molecule has 3 aromatic carbocycles. The van der Waals surface area contributed by atoms with Gasteiger partial charge in [-0.15, -0.1) is 0 Å². The van der Waals surface area contributed by atoms with Gasteiger partial charge in [-0.05, 0) is 60.2 Å². The fourth-order valence-corrected chi connectivity index (χ4v) is 4.08. The van der Waals surface area contributed by atoms with Gasteiger partial charge in [-0.3, -0.25) is 4.79 Å². The fourth-order valence-electron chi connectivity index (χ4n) is 4.08. The van der Waals surface area contributed by atoms with E-state index in [0.717, 1.165) is 22.2 Å². The van der Waals surface area contributed by atoms with Crippen molar-refractivity contribution in [3.63, 3.8) is 0 Å². The Morgan fingerprint density at radius 3 is 2.23 bits per heavy atom. The molecule has 2 atom stereocenters. The Bertz CT molecular complexity index is 1230. The number of hydrogen-bond donors (Lipinski definition) is 1. The van der Waals surface area contributed by atoms with E-state index >= 15 is 0 Å². The highest BCUT2D eigenvalue weighted by molar-refractivity contribution is 5.99. The first-order valence-electron chi connectivity index (χ1n) is 9.58. The van der Waals surface area contributed by atoms with Crippen molar-refractivity contribution in [3.05, 3.63) is 90.1 Å². The van der Waals surface area contributed by atoms with Crippen LogP contribution >= 0.6 is 0 Å². The third kappa shape index (κ3) is 3.04. The number of hydrogen-bond acceptors (Lipinski definition) is 3. The fraction of sp³-hybridized carbons (Fsp3) is 0.130. The Hall–Kier alpha value is -3.58. The van der Waals surface area contributed by atoms with Crippen LogP contribution in [0.15, 0.2) is 72.9 Å². The molecule has 5 rings (SSSR count). The monoisotopic (exact) mass is 404 g/mol. The molecule has 2 N–H and O–H groups in total. The Morgan fingerprint density at radius 2 is 1.53 bits per heavy atom. The maximum atomic E-state index is 13.4. The Labute approximate surface area is 171 Å². The quantitative estimate of drug-likeness (QED) is 0.559. The van der Waals surface area contributed by atoms with Gasteiger partial charge in [0.2, 0.25) is 5.91 Å². The molecular weight excluding hydrogens is 386 g/mol. The smallest absolute Gasteiger partial charge is 0.229 e. The minimum Gasteiger partial charge on any atom is -0.325 e. The van der Waals surface area contributed by atoms with Crippen molar-refractivity contribution in [1.82, 2.24) is 9.78 Å². The van der Waals surface area contributed by atoms with Crippen molar-refractivity contribution in [2.75, 3.05) is 4.90 Å². The summed E-state index contributed by atoms with van der Waals surface area (Å²) in [5.74, 6) is -0.729. The van der Waals surface area contributed by atoms with Crippen LogP contribution in [-0.4, -0.2) is 21.7 Å². The molecule has 0 bridgehead atoms. The third-order valence-electron chi connectivity index (χ3n) is 5.48. The zero-order chi connectivity index (χ0) is 20.8. The predicted octanol–water partition coefficient (Wildman–Crippen LogP) is 4.11. The van der Waals surface area contributed by atoms with Gasteiger partial charge in [-0.2, -0.15) is 5.10 Å². The second-order valence-corrected chi connectivity index (χ2v) is 7.40. The molecule has 0 radical (unpaired) electrons. The lowest BCUT2D eigenvalue weighted by molar-refractivity contribution is -0.117. The molecule has 7 heteroatoms. The number of anilines is 1. The molecule has 1 aliphatic rings.